The van der Waals surface area contributed by atoms with E-state index in [2.05, 4.69) is 5.10 Å². The minimum atomic E-state index is -0.846. The Morgan fingerprint density at radius 1 is 1.67 bits per heavy atom. The molecular formula is C8H10N2O2. The average Bonchev–Trinajstić information content (AvgIpc) is 2.04. The first kappa shape index (κ1) is 8.52. The zero-order valence-electron chi connectivity index (χ0n) is 6.47. The van der Waals surface area contributed by atoms with Crippen LogP contribution < -0.4 is 5.84 Å². The Balaban J connectivity index is 2.70. The Hall–Kier alpha value is -1.58. The third kappa shape index (κ3) is 1.95. The summed E-state index contributed by atoms with van der Waals surface area (Å²) in [6, 6.07) is 0. The van der Waals surface area contributed by atoms with E-state index >= 15 is 0 Å². The first-order chi connectivity index (χ1) is 5.74. The van der Waals surface area contributed by atoms with Crippen molar-refractivity contribution in [3.8, 4) is 0 Å². The van der Waals surface area contributed by atoms with Crippen molar-refractivity contribution in [3.05, 3.63) is 24.3 Å². The van der Waals surface area contributed by atoms with Gasteiger partial charge in [-0.05, 0) is 6.08 Å². The molecule has 0 saturated carbocycles. The second-order valence-electron chi connectivity index (χ2n) is 2.50. The quantitative estimate of drug-likeness (QED) is 0.463. The van der Waals surface area contributed by atoms with E-state index in [0.717, 1.165) is 0 Å². The van der Waals surface area contributed by atoms with E-state index in [0.29, 0.717) is 5.71 Å². The van der Waals surface area contributed by atoms with Crippen LogP contribution in [0.4, 0.5) is 0 Å². The van der Waals surface area contributed by atoms with Crippen molar-refractivity contribution >= 4 is 11.7 Å². The molecule has 4 heteroatoms. The molecule has 0 fully saturated rings. The van der Waals surface area contributed by atoms with Gasteiger partial charge < -0.3 is 10.9 Å². The molecular weight excluding hydrogens is 156 g/mol. The molecule has 1 aliphatic carbocycles. The molecule has 3 N–H and O–H groups in total. The number of carbonyl (C=O) groups is 1. The third-order valence-electron chi connectivity index (χ3n) is 1.65. The largest absolute Gasteiger partial charge is 0.481 e. The fraction of sp³-hybridized carbons (Fsp3) is 0.250. The van der Waals surface area contributed by atoms with Crippen LogP contribution in [0.3, 0.4) is 0 Å². The van der Waals surface area contributed by atoms with Gasteiger partial charge in [-0.3, -0.25) is 4.79 Å². The molecule has 0 amide bonds. The van der Waals surface area contributed by atoms with Gasteiger partial charge >= 0.3 is 5.97 Å². The molecule has 0 radical (unpaired) electrons. The van der Waals surface area contributed by atoms with E-state index in [1.807, 2.05) is 0 Å². The summed E-state index contributed by atoms with van der Waals surface area (Å²) < 4.78 is 0. The maximum atomic E-state index is 10.4. The summed E-state index contributed by atoms with van der Waals surface area (Å²) >= 11 is 0. The van der Waals surface area contributed by atoms with Gasteiger partial charge in [-0.1, -0.05) is 18.2 Å². The zero-order chi connectivity index (χ0) is 8.97. The van der Waals surface area contributed by atoms with Crippen molar-refractivity contribution in [3.63, 3.8) is 0 Å². The summed E-state index contributed by atoms with van der Waals surface area (Å²) in [7, 11) is 0. The van der Waals surface area contributed by atoms with Gasteiger partial charge in [0.25, 0.3) is 0 Å². The summed E-state index contributed by atoms with van der Waals surface area (Å²) in [5.41, 5.74) is 0.611. The average molecular weight is 166 g/mol. The number of hydrogen-bond acceptors (Lipinski definition) is 3. The summed E-state index contributed by atoms with van der Waals surface area (Å²) in [6.07, 6.45) is 7.11. The monoisotopic (exact) mass is 166 g/mol. The molecule has 0 aromatic heterocycles. The molecule has 0 bridgehead atoms. The summed E-state index contributed by atoms with van der Waals surface area (Å²) in [5.74, 6) is 4.05. The number of rotatable bonds is 2. The zero-order valence-corrected chi connectivity index (χ0v) is 6.47. The van der Waals surface area contributed by atoms with Crippen LogP contribution >= 0.6 is 0 Å². The molecule has 0 spiro atoms. The number of hydrogen-bond donors (Lipinski definition) is 2. The highest BCUT2D eigenvalue weighted by Crippen LogP contribution is 2.12. The van der Waals surface area contributed by atoms with Crippen molar-refractivity contribution < 1.29 is 9.90 Å². The Labute approximate surface area is 70.1 Å². The number of nitrogens with zero attached hydrogens (tertiary/aromatic N) is 1. The predicted molar refractivity (Wildman–Crippen MR) is 45.6 cm³/mol. The number of allylic oxidation sites excluding steroid dienone is 4. The van der Waals surface area contributed by atoms with E-state index in [1.165, 1.54) is 0 Å². The van der Waals surface area contributed by atoms with Gasteiger partial charge in [0.1, 0.15) is 0 Å². The van der Waals surface area contributed by atoms with Crippen LogP contribution in [0, 0.1) is 5.92 Å². The van der Waals surface area contributed by atoms with Crippen molar-refractivity contribution in [1.82, 2.24) is 0 Å². The molecule has 0 heterocycles. The SMILES string of the molecule is NN=C1C=CC=CC1CC(=O)O. The number of hydrazone groups is 1. The van der Waals surface area contributed by atoms with Gasteiger partial charge in [0.05, 0.1) is 12.1 Å². The summed E-state index contributed by atoms with van der Waals surface area (Å²) in [6.45, 7) is 0. The van der Waals surface area contributed by atoms with Crippen LogP contribution in [0.2, 0.25) is 0 Å². The molecule has 1 aliphatic rings. The van der Waals surface area contributed by atoms with E-state index in [-0.39, 0.29) is 12.3 Å². The highest BCUT2D eigenvalue weighted by molar-refractivity contribution is 6.00. The molecule has 1 rings (SSSR count). The van der Waals surface area contributed by atoms with Gasteiger partial charge in [-0.15, -0.1) is 0 Å². The third-order valence-corrected chi connectivity index (χ3v) is 1.65. The van der Waals surface area contributed by atoms with Crippen LogP contribution in [0.1, 0.15) is 6.42 Å². The van der Waals surface area contributed by atoms with Gasteiger partial charge in [0.15, 0.2) is 0 Å². The van der Waals surface area contributed by atoms with Crippen molar-refractivity contribution in [1.29, 1.82) is 0 Å². The van der Waals surface area contributed by atoms with E-state index < -0.39 is 5.97 Å². The lowest BCUT2D eigenvalue weighted by Crippen LogP contribution is -2.17. The fourth-order valence-electron chi connectivity index (χ4n) is 1.07. The second-order valence-corrected chi connectivity index (χ2v) is 2.50. The van der Waals surface area contributed by atoms with Crippen LogP contribution in [-0.4, -0.2) is 16.8 Å². The van der Waals surface area contributed by atoms with Crippen molar-refractivity contribution in [2.75, 3.05) is 0 Å². The first-order valence-electron chi connectivity index (χ1n) is 3.58. The number of carboxylic acids is 1. The fourth-order valence-corrected chi connectivity index (χ4v) is 1.07. The van der Waals surface area contributed by atoms with Crippen molar-refractivity contribution in [2.24, 2.45) is 16.9 Å². The first-order valence-corrected chi connectivity index (χ1v) is 3.58. The molecule has 0 aliphatic heterocycles. The maximum absolute atomic E-state index is 10.4. The number of nitrogens with two attached hydrogens (primary N) is 1. The lowest BCUT2D eigenvalue weighted by atomic mass is 9.95. The van der Waals surface area contributed by atoms with Crippen LogP contribution in [0.5, 0.6) is 0 Å². The van der Waals surface area contributed by atoms with Crippen LogP contribution in [0.15, 0.2) is 29.4 Å². The second kappa shape index (κ2) is 3.71. The molecule has 64 valence electrons. The Morgan fingerprint density at radius 2 is 2.42 bits per heavy atom. The Bertz CT molecular complexity index is 266. The molecule has 0 saturated heterocycles. The predicted octanol–water partition coefficient (Wildman–Crippen LogP) is 0.518. The molecule has 12 heavy (non-hydrogen) atoms. The summed E-state index contributed by atoms with van der Waals surface area (Å²) in [5, 5.41) is 12.0. The van der Waals surface area contributed by atoms with Gasteiger partial charge in [0, 0.05) is 5.92 Å². The topological polar surface area (TPSA) is 75.7 Å². The number of aliphatic carboxylic acids is 1. The van der Waals surface area contributed by atoms with Crippen LogP contribution in [-0.2, 0) is 4.79 Å². The Morgan fingerprint density at radius 3 is 3.00 bits per heavy atom. The van der Waals surface area contributed by atoms with Gasteiger partial charge in [0.2, 0.25) is 0 Å². The van der Waals surface area contributed by atoms with Crippen LogP contribution in [0.25, 0.3) is 0 Å². The van der Waals surface area contributed by atoms with Gasteiger partial charge in [-0.25, -0.2) is 0 Å². The number of carboxylic acid groups (broad SMARTS) is 1. The molecule has 4 nitrogen and oxygen atoms in total. The van der Waals surface area contributed by atoms with E-state index in [9.17, 15) is 4.79 Å². The smallest absolute Gasteiger partial charge is 0.304 e. The lowest BCUT2D eigenvalue weighted by molar-refractivity contribution is -0.137. The Kier molecular flexibility index (Phi) is 2.63. The molecule has 1 unspecified atom stereocenters. The maximum Gasteiger partial charge on any atom is 0.304 e. The minimum Gasteiger partial charge on any atom is -0.481 e. The molecule has 1 atom stereocenters. The normalized spacial score (nSPS) is 24.7. The highest BCUT2D eigenvalue weighted by Gasteiger charge is 2.15. The summed E-state index contributed by atoms with van der Waals surface area (Å²) in [4.78, 5) is 10.4. The molecule has 0 aromatic carbocycles. The van der Waals surface area contributed by atoms with Crippen molar-refractivity contribution in [2.45, 2.75) is 6.42 Å². The standard InChI is InChI=1S/C8H10N2O2/c9-10-7-4-2-1-3-6(7)5-8(11)12/h1-4,6H,5,9H2,(H,11,12). The molecule has 0 aromatic rings. The minimum absolute atomic E-state index is 0.0386. The van der Waals surface area contributed by atoms with E-state index in [1.54, 1.807) is 24.3 Å². The van der Waals surface area contributed by atoms with E-state index in [4.69, 9.17) is 10.9 Å². The van der Waals surface area contributed by atoms with Gasteiger partial charge in [-0.2, -0.15) is 5.10 Å². The highest BCUT2D eigenvalue weighted by atomic mass is 16.4. The lowest BCUT2D eigenvalue weighted by Gasteiger charge is -2.11.